The third-order valence-corrected chi connectivity index (χ3v) is 6.77. The quantitative estimate of drug-likeness (QED) is 0.755. The fraction of sp³-hybridized carbons (Fsp3) is 0.773. The van der Waals surface area contributed by atoms with Crippen molar-refractivity contribution in [2.24, 2.45) is 5.92 Å². The van der Waals surface area contributed by atoms with Gasteiger partial charge in [-0.15, -0.1) is 0 Å². The highest BCUT2D eigenvalue weighted by Gasteiger charge is 2.31. The Morgan fingerprint density at radius 1 is 1.10 bits per heavy atom. The van der Waals surface area contributed by atoms with Gasteiger partial charge in [0.15, 0.2) is 0 Å². The van der Waals surface area contributed by atoms with Crippen molar-refractivity contribution in [2.75, 3.05) is 51.3 Å². The third-order valence-electron chi connectivity index (χ3n) is 6.77. The molecule has 0 aliphatic carbocycles. The van der Waals surface area contributed by atoms with Crippen LogP contribution < -0.4 is 4.90 Å². The SMILES string of the molecule is CC1CCN(c2ncc(C(=O)N(CC3CCCO3)C3CCN(C)CC3)cn2)CC1. The molecule has 7 heteroatoms. The number of aromatic nitrogens is 2. The first kappa shape index (κ1) is 20.5. The number of hydrogen-bond acceptors (Lipinski definition) is 6. The van der Waals surface area contributed by atoms with E-state index in [1.807, 2.05) is 4.90 Å². The van der Waals surface area contributed by atoms with E-state index in [1.165, 1.54) is 12.8 Å². The molecule has 1 aromatic heterocycles. The fourth-order valence-electron chi connectivity index (χ4n) is 4.68. The van der Waals surface area contributed by atoms with Gasteiger partial charge < -0.3 is 19.4 Å². The Labute approximate surface area is 174 Å². The normalized spacial score (nSPS) is 24.8. The number of nitrogens with zero attached hydrogens (tertiary/aromatic N) is 5. The molecule has 0 saturated carbocycles. The predicted octanol–water partition coefficient (Wildman–Crippen LogP) is 2.43. The van der Waals surface area contributed by atoms with Crippen LogP contribution in [0.2, 0.25) is 0 Å². The number of amides is 1. The van der Waals surface area contributed by atoms with E-state index < -0.39 is 0 Å². The van der Waals surface area contributed by atoms with E-state index in [1.54, 1.807) is 12.4 Å². The van der Waals surface area contributed by atoms with Gasteiger partial charge in [0.05, 0.1) is 11.7 Å². The summed E-state index contributed by atoms with van der Waals surface area (Å²) in [5, 5.41) is 0. The molecular formula is C22H35N5O2. The Kier molecular flexibility index (Phi) is 6.65. The van der Waals surface area contributed by atoms with E-state index in [0.29, 0.717) is 12.1 Å². The second kappa shape index (κ2) is 9.39. The Morgan fingerprint density at radius 2 is 1.79 bits per heavy atom. The zero-order chi connectivity index (χ0) is 20.2. The summed E-state index contributed by atoms with van der Waals surface area (Å²) in [4.78, 5) is 29.1. The average Bonchev–Trinajstić information content (AvgIpc) is 3.26. The molecule has 0 spiro atoms. The molecule has 3 aliphatic rings. The Hall–Kier alpha value is -1.73. The van der Waals surface area contributed by atoms with Crippen LogP contribution in [0.5, 0.6) is 0 Å². The van der Waals surface area contributed by atoms with Gasteiger partial charge in [0.2, 0.25) is 5.95 Å². The van der Waals surface area contributed by atoms with Gasteiger partial charge in [-0.3, -0.25) is 4.79 Å². The lowest BCUT2D eigenvalue weighted by Gasteiger charge is -2.38. The summed E-state index contributed by atoms with van der Waals surface area (Å²) in [5.74, 6) is 1.57. The lowest BCUT2D eigenvalue weighted by Crippen LogP contribution is -2.49. The van der Waals surface area contributed by atoms with E-state index in [2.05, 4.69) is 33.7 Å². The maximum absolute atomic E-state index is 13.4. The summed E-state index contributed by atoms with van der Waals surface area (Å²) in [6.07, 6.45) is 10.1. The minimum absolute atomic E-state index is 0.0499. The molecule has 4 heterocycles. The molecule has 3 fully saturated rings. The second-order valence-electron chi connectivity index (χ2n) is 9.07. The van der Waals surface area contributed by atoms with Crippen LogP contribution in [0.15, 0.2) is 12.4 Å². The Bertz CT molecular complexity index is 660. The number of hydrogen-bond donors (Lipinski definition) is 0. The summed E-state index contributed by atoms with van der Waals surface area (Å²) in [6.45, 7) is 7.84. The summed E-state index contributed by atoms with van der Waals surface area (Å²) < 4.78 is 5.85. The molecule has 3 aliphatic heterocycles. The Morgan fingerprint density at radius 3 is 2.41 bits per heavy atom. The summed E-state index contributed by atoms with van der Waals surface area (Å²) in [7, 11) is 2.15. The number of carbonyl (C=O) groups excluding carboxylic acids is 1. The largest absolute Gasteiger partial charge is 0.376 e. The van der Waals surface area contributed by atoms with E-state index in [4.69, 9.17) is 4.74 Å². The monoisotopic (exact) mass is 401 g/mol. The van der Waals surface area contributed by atoms with Gasteiger partial charge in [-0.25, -0.2) is 9.97 Å². The summed E-state index contributed by atoms with van der Waals surface area (Å²) in [5.41, 5.74) is 0.594. The highest BCUT2D eigenvalue weighted by Crippen LogP contribution is 2.23. The van der Waals surface area contributed by atoms with Crippen LogP contribution in [-0.2, 0) is 4.74 Å². The molecular weight excluding hydrogens is 366 g/mol. The minimum atomic E-state index is 0.0499. The van der Waals surface area contributed by atoms with Crippen molar-refractivity contribution < 1.29 is 9.53 Å². The van der Waals surface area contributed by atoms with Crippen molar-refractivity contribution in [3.8, 4) is 0 Å². The van der Waals surface area contributed by atoms with Crippen LogP contribution in [0.25, 0.3) is 0 Å². The molecule has 0 bridgehead atoms. The van der Waals surface area contributed by atoms with Gasteiger partial charge in [-0.2, -0.15) is 0 Å². The molecule has 1 aromatic rings. The first-order valence-corrected chi connectivity index (χ1v) is 11.3. The first-order chi connectivity index (χ1) is 14.1. The van der Waals surface area contributed by atoms with E-state index >= 15 is 0 Å². The summed E-state index contributed by atoms with van der Waals surface area (Å²) in [6, 6.07) is 0.270. The van der Waals surface area contributed by atoms with Crippen LogP contribution in [0, 0.1) is 5.92 Å². The molecule has 0 radical (unpaired) electrons. The van der Waals surface area contributed by atoms with E-state index in [-0.39, 0.29) is 18.1 Å². The molecule has 0 aromatic carbocycles. The van der Waals surface area contributed by atoms with Crippen molar-refractivity contribution in [3.05, 3.63) is 18.0 Å². The zero-order valence-corrected chi connectivity index (χ0v) is 17.9. The van der Waals surface area contributed by atoms with Crippen molar-refractivity contribution in [3.63, 3.8) is 0 Å². The highest BCUT2D eigenvalue weighted by atomic mass is 16.5. The maximum Gasteiger partial charge on any atom is 0.257 e. The van der Waals surface area contributed by atoms with Crippen LogP contribution in [0.1, 0.15) is 55.8 Å². The van der Waals surface area contributed by atoms with Crippen LogP contribution in [0.3, 0.4) is 0 Å². The summed E-state index contributed by atoms with van der Waals surface area (Å²) >= 11 is 0. The molecule has 29 heavy (non-hydrogen) atoms. The number of anilines is 1. The molecule has 0 N–H and O–H groups in total. The van der Waals surface area contributed by atoms with Crippen molar-refractivity contribution in [1.82, 2.24) is 19.8 Å². The molecule has 1 unspecified atom stereocenters. The minimum Gasteiger partial charge on any atom is -0.376 e. The topological polar surface area (TPSA) is 61.8 Å². The average molecular weight is 402 g/mol. The Balaban J connectivity index is 1.45. The lowest BCUT2D eigenvalue weighted by atomic mass is 10.00. The predicted molar refractivity (Wildman–Crippen MR) is 113 cm³/mol. The standard InChI is InChI=1S/C22H35N5O2/c1-17-5-11-26(12-6-17)22-23-14-18(15-24-22)21(28)27(16-20-4-3-13-29-20)19-7-9-25(2)10-8-19/h14-15,17,19-20H,3-13,16H2,1-2H3. The van der Waals surface area contributed by atoms with E-state index in [0.717, 1.165) is 70.3 Å². The molecule has 1 amide bonds. The van der Waals surface area contributed by atoms with Gasteiger partial charge >= 0.3 is 0 Å². The van der Waals surface area contributed by atoms with E-state index in [9.17, 15) is 4.79 Å². The number of piperidine rings is 2. The van der Waals surface area contributed by atoms with Gasteiger partial charge in [0.1, 0.15) is 0 Å². The van der Waals surface area contributed by atoms with Crippen LogP contribution >= 0.6 is 0 Å². The van der Waals surface area contributed by atoms with Crippen LogP contribution in [0.4, 0.5) is 5.95 Å². The van der Waals surface area contributed by atoms with Crippen molar-refractivity contribution in [1.29, 1.82) is 0 Å². The lowest BCUT2D eigenvalue weighted by molar-refractivity contribution is 0.0319. The first-order valence-electron chi connectivity index (χ1n) is 11.3. The zero-order valence-electron chi connectivity index (χ0n) is 17.9. The van der Waals surface area contributed by atoms with Gasteiger partial charge in [0, 0.05) is 44.7 Å². The molecule has 4 rings (SSSR count). The number of ether oxygens (including phenoxy) is 1. The highest BCUT2D eigenvalue weighted by molar-refractivity contribution is 5.94. The third kappa shape index (κ3) is 5.07. The smallest absolute Gasteiger partial charge is 0.257 e. The van der Waals surface area contributed by atoms with Crippen molar-refractivity contribution in [2.45, 2.75) is 57.6 Å². The molecule has 160 valence electrons. The molecule has 1 atom stereocenters. The van der Waals surface area contributed by atoms with Crippen LogP contribution in [-0.4, -0.2) is 84.2 Å². The van der Waals surface area contributed by atoms with Crippen molar-refractivity contribution >= 4 is 11.9 Å². The molecule has 3 saturated heterocycles. The maximum atomic E-state index is 13.4. The number of likely N-dealkylation sites (tertiary alicyclic amines) is 1. The molecule has 7 nitrogen and oxygen atoms in total. The fourth-order valence-corrected chi connectivity index (χ4v) is 4.68. The number of carbonyl (C=O) groups is 1. The van der Waals surface area contributed by atoms with Gasteiger partial charge in [-0.05, 0) is 64.6 Å². The second-order valence-corrected chi connectivity index (χ2v) is 9.07. The van der Waals surface area contributed by atoms with Gasteiger partial charge in [-0.1, -0.05) is 6.92 Å². The number of rotatable bonds is 5. The van der Waals surface area contributed by atoms with Gasteiger partial charge in [0.25, 0.3) is 5.91 Å².